The van der Waals surface area contributed by atoms with E-state index in [0.717, 1.165) is 0 Å². The van der Waals surface area contributed by atoms with Crippen LogP contribution in [0.15, 0.2) is 24.3 Å². The van der Waals surface area contributed by atoms with E-state index in [2.05, 4.69) is 0 Å². The lowest BCUT2D eigenvalue weighted by Gasteiger charge is -2.13. The average Bonchev–Trinajstić information content (AvgIpc) is 2.27. The Morgan fingerprint density at radius 3 is 2.41 bits per heavy atom. The van der Waals surface area contributed by atoms with Crippen LogP contribution in [0.1, 0.15) is 30.1 Å². The van der Waals surface area contributed by atoms with Crippen LogP contribution in [0.5, 0.6) is 5.75 Å². The van der Waals surface area contributed by atoms with Gasteiger partial charge in [-0.3, -0.25) is 9.59 Å². The molecule has 1 amide bonds. The van der Waals surface area contributed by atoms with Gasteiger partial charge < -0.3 is 15.6 Å². The van der Waals surface area contributed by atoms with E-state index in [1.54, 1.807) is 31.2 Å². The predicted octanol–water partition coefficient (Wildman–Crippen LogP) is 1.42. The second-order valence-corrected chi connectivity index (χ2v) is 3.75. The summed E-state index contributed by atoms with van der Waals surface area (Å²) in [6.07, 6.45) is 0.318. The number of rotatable bonds is 6. The van der Waals surface area contributed by atoms with Crippen molar-refractivity contribution in [2.45, 2.75) is 25.9 Å². The highest BCUT2D eigenvalue weighted by Crippen LogP contribution is 2.15. The van der Waals surface area contributed by atoms with E-state index in [9.17, 15) is 9.59 Å². The monoisotopic (exact) mass is 237 g/mol. The molecule has 5 heteroatoms. The highest BCUT2D eigenvalue weighted by molar-refractivity contribution is 5.92. The molecule has 0 saturated carbocycles. The van der Waals surface area contributed by atoms with Gasteiger partial charge in [0.15, 0.2) is 0 Å². The maximum Gasteiger partial charge on any atom is 0.303 e. The molecule has 0 spiro atoms. The summed E-state index contributed by atoms with van der Waals surface area (Å²) in [5, 5.41) is 8.52. The van der Waals surface area contributed by atoms with Gasteiger partial charge in [0.05, 0.1) is 6.10 Å². The molecule has 1 aromatic carbocycles. The molecule has 1 rings (SSSR count). The minimum atomic E-state index is -0.843. The maximum atomic E-state index is 10.8. The Hall–Kier alpha value is -2.04. The van der Waals surface area contributed by atoms with E-state index < -0.39 is 11.9 Å². The minimum Gasteiger partial charge on any atom is -0.491 e. The molecule has 0 aliphatic rings. The smallest absolute Gasteiger partial charge is 0.303 e. The van der Waals surface area contributed by atoms with E-state index in [1.807, 2.05) is 0 Å². The standard InChI is InChI=1S/C12H15NO4/c1-8(2-7-11(14)15)17-10-5-3-9(4-6-10)12(13)16/h3-6,8H,2,7H2,1H3,(H2,13,16)(H,14,15). The molecule has 0 aromatic heterocycles. The van der Waals surface area contributed by atoms with Crippen LogP contribution in [-0.2, 0) is 4.79 Å². The van der Waals surface area contributed by atoms with Gasteiger partial charge in [-0.15, -0.1) is 0 Å². The molecule has 0 bridgehead atoms. The van der Waals surface area contributed by atoms with Crippen molar-refractivity contribution in [2.75, 3.05) is 0 Å². The number of aliphatic carboxylic acids is 1. The Balaban J connectivity index is 2.51. The van der Waals surface area contributed by atoms with Crippen LogP contribution in [0.25, 0.3) is 0 Å². The first kappa shape index (κ1) is 13.0. The summed E-state index contributed by atoms with van der Waals surface area (Å²) in [7, 11) is 0. The molecule has 1 aromatic rings. The third kappa shape index (κ3) is 4.55. The fourth-order valence-electron chi connectivity index (χ4n) is 1.32. The quantitative estimate of drug-likeness (QED) is 0.782. The Kier molecular flexibility index (Phi) is 4.51. The second kappa shape index (κ2) is 5.89. The molecular formula is C12H15NO4. The zero-order valence-electron chi connectivity index (χ0n) is 9.55. The number of amides is 1. The van der Waals surface area contributed by atoms with Crippen molar-refractivity contribution >= 4 is 11.9 Å². The lowest BCUT2D eigenvalue weighted by molar-refractivity contribution is -0.137. The highest BCUT2D eigenvalue weighted by atomic mass is 16.5. The molecule has 5 nitrogen and oxygen atoms in total. The molecule has 0 saturated heterocycles. The number of hydrogen-bond acceptors (Lipinski definition) is 3. The average molecular weight is 237 g/mol. The molecule has 0 radical (unpaired) electrons. The molecule has 0 aliphatic heterocycles. The van der Waals surface area contributed by atoms with Crippen LogP contribution in [0.3, 0.4) is 0 Å². The van der Waals surface area contributed by atoms with Gasteiger partial charge >= 0.3 is 5.97 Å². The topological polar surface area (TPSA) is 89.6 Å². The number of ether oxygens (including phenoxy) is 1. The summed E-state index contributed by atoms with van der Waals surface area (Å²) in [5.41, 5.74) is 5.51. The molecular weight excluding hydrogens is 222 g/mol. The van der Waals surface area contributed by atoms with Crippen LogP contribution in [0.4, 0.5) is 0 Å². The van der Waals surface area contributed by atoms with E-state index in [0.29, 0.717) is 17.7 Å². The number of nitrogens with two attached hydrogens (primary N) is 1. The lowest BCUT2D eigenvalue weighted by atomic mass is 10.2. The van der Waals surface area contributed by atoms with Gasteiger partial charge in [0, 0.05) is 12.0 Å². The summed E-state index contributed by atoms with van der Waals surface area (Å²) < 4.78 is 5.48. The van der Waals surface area contributed by atoms with Gasteiger partial charge in [0.1, 0.15) is 5.75 Å². The van der Waals surface area contributed by atoms with Gasteiger partial charge in [0.2, 0.25) is 5.91 Å². The number of carboxylic acids is 1. The first-order valence-corrected chi connectivity index (χ1v) is 5.27. The molecule has 1 unspecified atom stereocenters. The lowest BCUT2D eigenvalue weighted by Crippen LogP contribution is -2.14. The van der Waals surface area contributed by atoms with Crippen molar-refractivity contribution in [3.8, 4) is 5.75 Å². The zero-order valence-corrected chi connectivity index (χ0v) is 9.55. The van der Waals surface area contributed by atoms with Crippen molar-refractivity contribution in [2.24, 2.45) is 5.73 Å². The van der Waals surface area contributed by atoms with Crippen LogP contribution in [0, 0.1) is 0 Å². The van der Waals surface area contributed by atoms with Crippen molar-refractivity contribution < 1.29 is 19.4 Å². The molecule has 92 valence electrons. The van der Waals surface area contributed by atoms with Gasteiger partial charge in [-0.1, -0.05) is 0 Å². The van der Waals surface area contributed by atoms with Gasteiger partial charge in [-0.05, 0) is 37.6 Å². The summed E-state index contributed by atoms with van der Waals surface area (Å²) in [5.74, 6) is -0.743. The third-order valence-corrected chi connectivity index (χ3v) is 2.24. The molecule has 0 heterocycles. The maximum absolute atomic E-state index is 10.8. The van der Waals surface area contributed by atoms with Crippen LogP contribution in [0.2, 0.25) is 0 Å². The minimum absolute atomic E-state index is 0.0700. The first-order chi connectivity index (χ1) is 7.99. The SMILES string of the molecule is CC(CCC(=O)O)Oc1ccc(C(N)=O)cc1. The summed E-state index contributed by atoms with van der Waals surface area (Å²) in [6.45, 7) is 1.80. The van der Waals surface area contributed by atoms with E-state index in [4.69, 9.17) is 15.6 Å². The van der Waals surface area contributed by atoms with Crippen molar-refractivity contribution in [1.82, 2.24) is 0 Å². The highest BCUT2D eigenvalue weighted by Gasteiger charge is 2.07. The number of benzene rings is 1. The first-order valence-electron chi connectivity index (χ1n) is 5.27. The molecule has 0 aliphatic carbocycles. The summed E-state index contributed by atoms with van der Waals surface area (Å²) >= 11 is 0. The second-order valence-electron chi connectivity index (χ2n) is 3.75. The Morgan fingerprint density at radius 1 is 1.35 bits per heavy atom. The van der Waals surface area contributed by atoms with Crippen molar-refractivity contribution in [3.63, 3.8) is 0 Å². The number of carboxylic acid groups (broad SMARTS) is 1. The van der Waals surface area contributed by atoms with Gasteiger partial charge in [0.25, 0.3) is 0 Å². The molecule has 17 heavy (non-hydrogen) atoms. The zero-order chi connectivity index (χ0) is 12.8. The number of carbonyl (C=O) groups excluding carboxylic acids is 1. The Morgan fingerprint density at radius 2 is 1.94 bits per heavy atom. The van der Waals surface area contributed by atoms with E-state index in [1.165, 1.54) is 0 Å². The predicted molar refractivity (Wildman–Crippen MR) is 61.9 cm³/mol. The number of carbonyl (C=O) groups is 2. The van der Waals surface area contributed by atoms with Gasteiger partial charge in [-0.25, -0.2) is 0 Å². The van der Waals surface area contributed by atoms with Crippen LogP contribution >= 0.6 is 0 Å². The van der Waals surface area contributed by atoms with Crippen molar-refractivity contribution in [1.29, 1.82) is 0 Å². The fourth-order valence-corrected chi connectivity index (χ4v) is 1.32. The fraction of sp³-hybridized carbons (Fsp3) is 0.333. The van der Waals surface area contributed by atoms with Crippen molar-refractivity contribution in [3.05, 3.63) is 29.8 Å². The summed E-state index contributed by atoms with van der Waals surface area (Å²) in [4.78, 5) is 21.2. The number of primary amides is 1. The normalized spacial score (nSPS) is 11.8. The van der Waals surface area contributed by atoms with Crippen LogP contribution < -0.4 is 10.5 Å². The molecule has 1 atom stereocenters. The Labute approximate surface area is 99.2 Å². The summed E-state index contributed by atoms with van der Waals surface area (Å²) in [6, 6.07) is 6.41. The largest absolute Gasteiger partial charge is 0.491 e. The van der Waals surface area contributed by atoms with E-state index >= 15 is 0 Å². The van der Waals surface area contributed by atoms with Gasteiger partial charge in [-0.2, -0.15) is 0 Å². The molecule has 3 N–H and O–H groups in total. The third-order valence-electron chi connectivity index (χ3n) is 2.24. The van der Waals surface area contributed by atoms with Crippen LogP contribution in [-0.4, -0.2) is 23.1 Å². The van der Waals surface area contributed by atoms with E-state index in [-0.39, 0.29) is 12.5 Å². The Bertz CT molecular complexity index is 399. The molecule has 0 fully saturated rings. The number of hydrogen-bond donors (Lipinski definition) is 2.